The number of hydrogen-bond acceptors (Lipinski definition) is 5. The Labute approximate surface area is 126 Å². The summed E-state index contributed by atoms with van der Waals surface area (Å²) < 4.78 is 11.1. The normalized spacial score (nSPS) is 10.3. The van der Waals surface area contributed by atoms with Crippen molar-refractivity contribution in [3.8, 4) is 5.88 Å². The summed E-state index contributed by atoms with van der Waals surface area (Å²) in [5.74, 6) is 0.591. The van der Waals surface area contributed by atoms with Crippen molar-refractivity contribution in [3.63, 3.8) is 0 Å². The highest BCUT2D eigenvalue weighted by Gasteiger charge is 1.99. The minimum atomic E-state index is 0.498. The van der Waals surface area contributed by atoms with E-state index in [1.54, 1.807) is 13.3 Å². The molecule has 0 fully saturated rings. The molecule has 0 radical (unpaired) electrons. The average Bonchev–Trinajstić information content (AvgIpc) is 2.47. The van der Waals surface area contributed by atoms with E-state index in [1.165, 1.54) is 0 Å². The molecule has 0 saturated carbocycles. The fraction of sp³-hybridized carbons (Fsp3) is 0.286. The van der Waals surface area contributed by atoms with Crippen LogP contribution < -0.4 is 10.1 Å². The summed E-state index contributed by atoms with van der Waals surface area (Å²) in [5, 5.41) is 3.26. The summed E-state index contributed by atoms with van der Waals surface area (Å²) in [6.07, 6.45) is 1.74. The van der Waals surface area contributed by atoms with Crippen molar-refractivity contribution in [2.24, 2.45) is 0 Å². The Morgan fingerprint density at radius 3 is 2.80 bits per heavy atom. The maximum absolute atomic E-state index is 5.40. The van der Waals surface area contributed by atoms with E-state index in [-0.39, 0.29) is 0 Å². The smallest absolute Gasteiger partial charge is 0.213 e. The van der Waals surface area contributed by atoms with Crippen molar-refractivity contribution in [1.29, 1.82) is 0 Å². The van der Waals surface area contributed by atoms with Crippen molar-refractivity contribution < 1.29 is 9.47 Å². The third-order valence-corrected chi connectivity index (χ3v) is 2.96. The molecule has 0 aliphatic heterocycles. The third kappa shape index (κ3) is 4.79. The van der Waals surface area contributed by atoms with Crippen molar-refractivity contribution in [3.05, 3.63) is 46.8 Å². The monoisotopic (exact) mass is 337 g/mol. The van der Waals surface area contributed by atoms with Gasteiger partial charge in [0.1, 0.15) is 11.2 Å². The summed E-state index contributed by atoms with van der Waals surface area (Å²) in [6.45, 7) is 1.69. The Morgan fingerprint density at radius 2 is 2.10 bits per heavy atom. The zero-order chi connectivity index (χ0) is 14.2. The number of aromatic nitrogens is 2. The summed E-state index contributed by atoms with van der Waals surface area (Å²) >= 11 is 3.35. The highest BCUT2D eigenvalue weighted by Crippen LogP contribution is 2.13. The van der Waals surface area contributed by atoms with Gasteiger partial charge >= 0.3 is 0 Å². The first-order valence-electron chi connectivity index (χ1n) is 6.21. The lowest BCUT2D eigenvalue weighted by Gasteiger charge is -2.08. The fourth-order valence-corrected chi connectivity index (χ4v) is 1.92. The molecule has 6 heteroatoms. The fourth-order valence-electron chi connectivity index (χ4n) is 1.54. The number of rotatable bonds is 7. The topological polar surface area (TPSA) is 56.3 Å². The molecule has 2 aromatic rings. The molecule has 5 nitrogen and oxygen atoms in total. The second-order valence-electron chi connectivity index (χ2n) is 4.03. The van der Waals surface area contributed by atoms with E-state index in [0.717, 1.165) is 16.0 Å². The van der Waals surface area contributed by atoms with E-state index < -0.39 is 0 Å². The molecule has 0 saturated heterocycles. The molecule has 0 aliphatic carbocycles. The molecular weight excluding hydrogens is 322 g/mol. The van der Waals surface area contributed by atoms with Crippen LogP contribution in [-0.4, -0.2) is 30.3 Å². The van der Waals surface area contributed by atoms with Gasteiger partial charge in [-0.2, -0.15) is 0 Å². The van der Waals surface area contributed by atoms with Crippen LogP contribution in [0.2, 0.25) is 0 Å². The molecule has 0 bridgehead atoms. The Bertz CT molecular complexity index is 534. The number of pyridine rings is 2. The molecule has 2 aromatic heterocycles. The number of nitrogens with one attached hydrogen (secondary N) is 1. The minimum Gasteiger partial charge on any atom is -0.475 e. The maximum atomic E-state index is 5.40. The van der Waals surface area contributed by atoms with Crippen molar-refractivity contribution in [2.45, 2.75) is 6.54 Å². The SMILES string of the molecule is COCCOc1ccc(NCc2cccc(Br)n2)cn1. The first-order chi connectivity index (χ1) is 9.78. The molecule has 20 heavy (non-hydrogen) atoms. The largest absolute Gasteiger partial charge is 0.475 e. The average molecular weight is 338 g/mol. The van der Waals surface area contributed by atoms with E-state index in [0.29, 0.717) is 25.6 Å². The van der Waals surface area contributed by atoms with Crippen LogP contribution in [0.3, 0.4) is 0 Å². The van der Waals surface area contributed by atoms with Gasteiger partial charge in [0, 0.05) is 13.2 Å². The first kappa shape index (κ1) is 14.7. The van der Waals surface area contributed by atoms with Gasteiger partial charge in [-0.1, -0.05) is 6.07 Å². The van der Waals surface area contributed by atoms with Gasteiger partial charge in [0.05, 0.1) is 30.7 Å². The summed E-state index contributed by atoms with van der Waals surface area (Å²) in [4.78, 5) is 8.56. The first-order valence-corrected chi connectivity index (χ1v) is 7.00. The number of anilines is 1. The molecule has 2 rings (SSSR count). The van der Waals surface area contributed by atoms with Gasteiger partial charge in [0.25, 0.3) is 0 Å². The molecule has 0 spiro atoms. The van der Waals surface area contributed by atoms with Gasteiger partial charge in [0.15, 0.2) is 0 Å². The lowest BCUT2D eigenvalue weighted by Crippen LogP contribution is -2.06. The molecular formula is C14H16BrN3O2. The van der Waals surface area contributed by atoms with Crippen LogP contribution in [0.15, 0.2) is 41.1 Å². The molecule has 0 atom stereocenters. The number of hydrogen-bond donors (Lipinski definition) is 1. The number of ether oxygens (including phenoxy) is 2. The second kappa shape index (κ2) is 7.81. The quantitative estimate of drug-likeness (QED) is 0.621. The molecule has 1 N–H and O–H groups in total. The van der Waals surface area contributed by atoms with Crippen LogP contribution in [-0.2, 0) is 11.3 Å². The summed E-state index contributed by atoms with van der Waals surface area (Å²) in [5.41, 5.74) is 1.88. The zero-order valence-electron chi connectivity index (χ0n) is 11.2. The van der Waals surface area contributed by atoms with Gasteiger partial charge in [-0.25, -0.2) is 9.97 Å². The van der Waals surface area contributed by atoms with E-state index in [4.69, 9.17) is 9.47 Å². The second-order valence-corrected chi connectivity index (χ2v) is 4.84. The molecule has 2 heterocycles. The van der Waals surface area contributed by atoms with Crippen molar-refractivity contribution >= 4 is 21.6 Å². The maximum Gasteiger partial charge on any atom is 0.213 e. The van der Waals surface area contributed by atoms with Crippen LogP contribution in [0, 0.1) is 0 Å². The highest BCUT2D eigenvalue weighted by atomic mass is 79.9. The minimum absolute atomic E-state index is 0.498. The van der Waals surface area contributed by atoms with Gasteiger partial charge in [0.2, 0.25) is 5.88 Å². The van der Waals surface area contributed by atoms with E-state index in [1.807, 2.05) is 30.3 Å². The van der Waals surface area contributed by atoms with Crippen LogP contribution in [0.1, 0.15) is 5.69 Å². The summed E-state index contributed by atoms with van der Waals surface area (Å²) in [6, 6.07) is 9.57. The number of methoxy groups -OCH3 is 1. The predicted octanol–water partition coefficient (Wildman–Crippen LogP) is 2.88. The lowest BCUT2D eigenvalue weighted by atomic mass is 10.3. The molecule has 0 unspecified atom stereocenters. The molecule has 0 aliphatic rings. The Morgan fingerprint density at radius 1 is 1.20 bits per heavy atom. The Hall–Kier alpha value is -1.66. The standard InChI is InChI=1S/C14H16BrN3O2/c1-19-7-8-20-14-6-5-11(9-17-14)16-10-12-3-2-4-13(15)18-12/h2-6,9,16H,7-8,10H2,1H3. The van der Waals surface area contributed by atoms with Crippen molar-refractivity contribution in [2.75, 3.05) is 25.6 Å². The summed E-state index contributed by atoms with van der Waals surface area (Å²) in [7, 11) is 1.64. The zero-order valence-corrected chi connectivity index (χ0v) is 12.8. The molecule has 106 valence electrons. The van der Waals surface area contributed by atoms with Crippen LogP contribution in [0.25, 0.3) is 0 Å². The van der Waals surface area contributed by atoms with E-state index in [9.17, 15) is 0 Å². The number of nitrogens with zero attached hydrogens (tertiary/aromatic N) is 2. The van der Waals surface area contributed by atoms with E-state index >= 15 is 0 Å². The third-order valence-electron chi connectivity index (χ3n) is 2.52. The van der Waals surface area contributed by atoms with Crippen LogP contribution in [0.4, 0.5) is 5.69 Å². The Kier molecular flexibility index (Phi) is 5.76. The molecule has 0 amide bonds. The van der Waals surface area contributed by atoms with Crippen molar-refractivity contribution in [1.82, 2.24) is 9.97 Å². The van der Waals surface area contributed by atoms with Crippen LogP contribution >= 0.6 is 15.9 Å². The Balaban J connectivity index is 1.84. The van der Waals surface area contributed by atoms with E-state index in [2.05, 4.69) is 31.2 Å². The van der Waals surface area contributed by atoms with Gasteiger partial charge in [-0.05, 0) is 34.1 Å². The lowest BCUT2D eigenvalue weighted by molar-refractivity contribution is 0.144. The van der Waals surface area contributed by atoms with Crippen LogP contribution in [0.5, 0.6) is 5.88 Å². The number of halogens is 1. The van der Waals surface area contributed by atoms with Gasteiger partial charge in [-0.15, -0.1) is 0 Å². The van der Waals surface area contributed by atoms with Gasteiger partial charge in [-0.3, -0.25) is 0 Å². The predicted molar refractivity (Wildman–Crippen MR) is 80.9 cm³/mol. The van der Waals surface area contributed by atoms with Gasteiger partial charge < -0.3 is 14.8 Å². The molecule has 0 aromatic carbocycles. The highest BCUT2D eigenvalue weighted by molar-refractivity contribution is 9.10.